The molecule has 1 aromatic carbocycles. The minimum atomic E-state index is 0. The first-order valence-corrected chi connectivity index (χ1v) is 9.76. The lowest BCUT2D eigenvalue weighted by molar-refractivity contribution is 0.173. The van der Waals surface area contributed by atoms with Crippen molar-refractivity contribution < 1.29 is 0 Å². The molecule has 0 saturated heterocycles. The zero-order chi connectivity index (χ0) is 19.5. The smallest absolute Gasteiger partial charge is 0.191 e. The number of halogens is 1. The first-order chi connectivity index (χ1) is 12.3. The van der Waals surface area contributed by atoms with Gasteiger partial charge in [0.1, 0.15) is 0 Å². The van der Waals surface area contributed by atoms with Gasteiger partial charge in [0.05, 0.1) is 0 Å². The summed E-state index contributed by atoms with van der Waals surface area (Å²) in [7, 11) is 6.01. The van der Waals surface area contributed by atoms with Crippen LogP contribution in [0.4, 0.5) is 0 Å². The number of benzene rings is 1. The number of hydrogen-bond acceptors (Lipinski definition) is 3. The van der Waals surface area contributed by atoms with Crippen molar-refractivity contribution in [3.63, 3.8) is 0 Å². The fraction of sp³-hybridized carbons (Fsp3) is 0.667. The first kappa shape index (κ1) is 26.1. The van der Waals surface area contributed by atoms with Crippen LogP contribution in [-0.4, -0.2) is 62.1 Å². The maximum atomic E-state index is 4.33. The van der Waals surface area contributed by atoms with Crippen LogP contribution in [0.3, 0.4) is 0 Å². The van der Waals surface area contributed by atoms with Gasteiger partial charge in [-0.25, -0.2) is 0 Å². The third kappa shape index (κ3) is 10.9. The second-order valence-corrected chi connectivity index (χ2v) is 7.69. The molecule has 0 radical (unpaired) electrons. The fourth-order valence-corrected chi connectivity index (χ4v) is 3.19. The molecular formula is C21H40IN5. The van der Waals surface area contributed by atoms with E-state index in [0.29, 0.717) is 12.1 Å². The summed E-state index contributed by atoms with van der Waals surface area (Å²) >= 11 is 0. The van der Waals surface area contributed by atoms with Gasteiger partial charge < -0.3 is 15.5 Å². The lowest BCUT2D eigenvalue weighted by Crippen LogP contribution is -2.41. The van der Waals surface area contributed by atoms with Gasteiger partial charge >= 0.3 is 0 Å². The van der Waals surface area contributed by atoms with E-state index in [0.717, 1.165) is 38.6 Å². The van der Waals surface area contributed by atoms with E-state index in [1.165, 1.54) is 11.1 Å². The topological polar surface area (TPSA) is 42.9 Å². The average Bonchev–Trinajstić information content (AvgIpc) is 2.56. The van der Waals surface area contributed by atoms with Crippen LogP contribution in [0.25, 0.3) is 0 Å². The van der Waals surface area contributed by atoms with Gasteiger partial charge in [-0.3, -0.25) is 9.89 Å². The summed E-state index contributed by atoms with van der Waals surface area (Å²) in [5, 5.41) is 6.84. The molecule has 0 spiro atoms. The first-order valence-electron chi connectivity index (χ1n) is 9.76. The molecule has 0 fully saturated rings. The molecule has 6 heteroatoms. The fourth-order valence-electron chi connectivity index (χ4n) is 3.19. The predicted octanol–water partition coefficient (Wildman–Crippen LogP) is 3.54. The molecule has 0 aromatic heterocycles. The van der Waals surface area contributed by atoms with Gasteiger partial charge in [0.15, 0.2) is 5.96 Å². The number of guanidine groups is 1. The Kier molecular flexibility index (Phi) is 13.7. The molecule has 0 atom stereocenters. The number of nitrogens with one attached hydrogen (secondary N) is 2. The van der Waals surface area contributed by atoms with E-state index in [4.69, 9.17) is 0 Å². The summed E-state index contributed by atoms with van der Waals surface area (Å²) in [5.41, 5.74) is 2.61. The molecule has 0 aliphatic carbocycles. The van der Waals surface area contributed by atoms with Crippen molar-refractivity contribution in [1.82, 2.24) is 20.4 Å². The molecule has 0 aliphatic rings. The van der Waals surface area contributed by atoms with Gasteiger partial charge in [0.2, 0.25) is 0 Å². The summed E-state index contributed by atoms with van der Waals surface area (Å²) in [4.78, 5) is 9.04. The molecule has 0 saturated carbocycles. The van der Waals surface area contributed by atoms with Crippen molar-refractivity contribution >= 4 is 29.9 Å². The molecule has 0 amide bonds. The van der Waals surface area contributed by atoms with E-state index < -0.39 is 0 Å². The number of rotatable bonds is 10. The molecule has 1 rings (SSSR count). The Morgan fingerprint density at radius 2 is 1.67 bits per heavy atom. The van der Waals surface area contributed by atoms with Crippen LogP contribution in [0.15, 0.2) is 29.3 Å². The third-order valence-corrected chi connectivity index (χ3v) is 4.39. The van der Waals surface area contributed by atoms with Crippen molar-refractivity contribution in [2.24, 2.45) is 4.99 Å². The highest BCUT2D eigenvalue weighted by Gasteiger charge is 2.12. The van der Waals surface area contributed by atoms with Crippen LogP contribution < -0.4 is 10.6 Å². The zero-order valence-corrected chi connectivity index (χ0v) is 20.6. The second kappa shape index (κ2) is 14.2. The summed E-state index contributed by atoms with van der Waals surface area (Å²) in [6.07, 6.45) is 1.11. The van der Waals surface area contributed by atoms with Crippen LogP contribution >= 0.6 is 24.0 Å². The van der Waals surface area contributed by atoms with Gasteiger partial charge in [0, 0.05) is 45.3 Å². The second-order valence-electron chi connectivity index (χ2n) is 7.69. The molecule has 156 valence electrons. The van der Waals surface area contributed by atoms with E-state index in [1.54, 1.807) is 0 Å². The van der Waals surface area contributed by atoms with Gasteiger partial charge in [-0.1, -0.05) is 24.3 Å². The standard InChI is InChI=1S/C21H39N5.HI/c1-17(2)26(18(3)4)13-9-12-23-21(22-5)24-15-19-10-8-11-20(14-19)16-25(6)7;/h8,10-11,14,17-18H,9,12-13,15-16H2,1-7H3,(H2,22,23,24);1H. The monoisotopic (exact) mass is 489 g/mol. The van der Waals surface area contributed by atoms with Crippen LogP contribution in [0.2, 0.25) is 0 Å². The molecule has 0 bridgehead atoms. The van der Waals surface area contributed by atoms with E-state index in [-0.39, 0.29) is 24.0 Å². The summed E-state index contributed by atoms with van der Waals surface area (Å²) < 4.78 is 0. The highest BCUT2D eigenvalue weighted by atomic mass is 127. The number of hydrogen-bond donors (Lipinski definition) is 2. The number of nitrogens with zero attached hydrogens (tertiary/aromatic N) is 3. The summed E-state index contributed by atoms with van der Waals surface area (Å²) in [5.74, 6) is 0.864. The molecule has 2 N–H and O–H groups in total. The normalized spacial score (nSPS) is 12.0. The Bertz CT molecular complexity index is 535. The minimum Gasteiger partial charge on any atom is -0.356 e. The lowest BCUT2D eigenvalue weighted by Gasteiger charge is -2.30. The Balaban J connectivity index is 0.00000676. The van der Waals surface area contributed by atoms with Gasteiger partial charge in [-0.15, -0.1) is 24.0 Å². The van der Waals surface area contributed by atoms with Crippen LogP contribution in [0.1, 0.15) is 45.2 Å². The maximum absolute atomic E-state index is 4.33. The molecule has 0 heterocycles. The molecule has 1 aromatic rings. The summed E-state index contributed by atoms with van der Waals surface area (Å²) in [6.45, 7) is 12.8. The van der Waals surface area contributed by atoms with Crippen molar-refractivity contribution in [1.29, 1.82) is 0 Å². The maximum Gasteiger partial charge on any atom is 0.191 e. The molecule has 0 unspecified atom stereocenters. The van der Waals surface area contributed by atoms with Crippen LogP contribution in [-0.2, 0) is 13.1 Å². The third-order valence-electron chi connectivity index (χ3n) is 4.39. The van der Waals surface area contributed by atoms with Gasteiger partial charge in [-0.05, 0) is 59.3 Å². The van der Waals surface area contributed by atoms with Crippen LogP contribution in [0, 0.1) is 0 Å². The van der Waals surface area contributed by atoms with E-state index in [1.807, 2.05) is 7.05 Å². The van der Waals surface area contributed by atoms with Crippen LogP contribution in [0.5, 0.6) is 0 Å². The predicted molar refractivity (Wildman–Crippen MR) is 129 cm³/mol. The molecule has 5 nitrogen and oxygen atoms in total. The molecular weight excluding hydrogens is 449 g/mol. The van der Waals surface area contributed by atoms with Crippen molar-refractivity contribution in [2.75, 3.05) is 34.2 Å². The number of aliphatic imine (C=N–C) groups is 1. The van der Waals surface area contributed by atoms with Crippen molar-refractivity contribution in [3.8, 4) is 0 Å². The Morgan fingerprint density at radius 1 is 1.04 bits per heavy atom. The van der Waals surface area contributed by atoms with Crippen molar-refractivity contribution in [3.05, 3.63) is 35.4 Å². The summed E-state index contributed by atoms with van der Waals surface area (Å²) in [6, 6.07) is 9.87. The van der Waals surface area contributed by atoms with Crippen molar-refractivity contribution in [2.45, 2.75) is 59.3 Å². The molecule has 0 aliphatic heterocycles. The lowest BCUT2D eigenvalue weighted by atomic mass is 10.1. The largest absolute Gasteiger partial charge is 0.356 e. The Morgan fingerprint density at radius 3 is 2.22 bits per heavy atom. The highest BCUT2D eigenvalue weighted by Crippen LogP contribution is 2.07. The minimum absolute atomic E-state index is 0. The SMILES string of the molecule is CN=C(NCCCN(C(C)C)C(C)C)NCc1cccc(CN(C)C)c1.I. The Hall–Kier alpha value is -0.860. The van der Waals surface area contributed by atoms with E-state index >= 15 is 0 Å². The van der Waals surface area contributed by atoms with E-state index in [2.05, 4.69) is 91.5 Å². The highest BCUT2D eigenvalue weighted by molar-refractivity contribution is 14.0. The molecule has 27 heavy (non-hydrogen) atoms. The average molecular weight is 489 g/mol. The van der Waals surface area contributed by atoms with E-state index in [9.17, 15) is 0 Å². The zero-order valence-electron chi connectivity index (χ0n) is 18.2. The quantitative estimate of drug-likeness (QED) is 0.229. The Labute approximate surface area is 184 Å². The van der Waals surface area contributed by atoms with Gasteiger partial charge in [-0.2, -0.15) is 0 Å². The van der Waals surface area contributed by atoms with Gasteiger partial charge in [0.25, 0.3) is 0 Å².